The van der Waals surface area contributed by atoms with E-state index in [0.29, 0.717) is 24.0 Å². The summed E-state index contributed by atoms with van der Waals surface area (Å²) in [7, 11) is 0. The first-order chi connectivity index (χ1) is 13.5. The molecule has 2 rings (SSSR count). The molecule has 0 radical (unpaired) electrons. The molecule has 0 aliphatic heterocycles. The van der Waals surface area contributed by atoms with Gasteiger partial charge in [-0.05, 0) is 69.3 Å². The maximum Gasteiger partial charge on any atom is 0.120 e. The lowest BCUT2D eigenvalue weighted by Crippen LogP contribution is -2.38. The predicted molar refractivity (Wildman–Crippen MR) is 122 cm³/mol. The van der Waals surface area contributed by atoms with Crippen molar-refractivity contribution in [1.29, 1.82) is 0 Å². The maximum absolute atomic E-state index is 6.13. The number of anilines is 2. The molecule has 0 aromatic heterocycles. The van der Waals surface area contributed by atoms with Crippen LogP contribution in [-0.2, 0) is 0 Å². The number of benzene rings is 2. The Hall–Kier alpha value is -1.85. The summed E-state index contributed by atoms with van der Waals surface area (Å²) in [5.41, 5.74) is 12.9. The van der Waals surface area contributed by atoms with E-state index in [1.807, 2.05) is 30.3 Å². The molecule has 0 amide bonds. The largest absolute Gasteiger partial charge is 0.492 e. The fourth-order valence-electron chi connectivity index (χ4n) is 2.98. The van der Waals surface area contributed by atoms with Crippen LogP contribution < -0.4 is 16.2 Å². The smallest absolute Gasteiger partial charge is 0.120 e. The van der Waals surface area contributed by atoms with Crippen LogP contribution in [0.1, 0.15) is 46.5 Å². The highest BCUT2D eigenvalue weighted by molar-refractivity contribution is 7.99. The van der Waals surface area contributed by atoms with E-state index in [2.05, 4.69) is 37.8 Å². The van der Waals surface area contributed by atoms with Crippen molar-refractivity contribution in [2.75, 3.05) is 31.2 Å². The maximum atomic E-state index is 6.13. The van der Waals surface area contributed by atoms with Gasteiger partial charge < -0.3 is 16.2 Å². The van der Waals surface area contributed by atoms with Crippen LogP contribution in [0.15, 0.2) is 52.3 Å². The van der Waals surface area contributed by atoms with Gasteiger partial charge in [0.25, 0.3) is 0 Å². The average Bonchev–Trinajstić information content (AvgIpc) is 2.69. The first-order valence-corrected chi connectivity index (χ1v) is 11.1. The second-order valence-electron chi connectivity index (χ2n) is 7.27. The van der Waals surface area contributed by atoms with Crippen molar-refractivity contribution in [1.82, 2.24) is 4.90 Å². The van der Waals surface area contributed by atoms with Gasteiger partial charge >= 0.3 is 0 Å². The van der Waals surface area contributed by atoms with E-state index in [-0.39, 0.29) is 0 Å². The Balaban J connectivity index is 1.94. The van der Waals surface area contributed by atoms with Crippen molar-refractivity contribution < 1.29 is 4.74 Å². The molecule has 0 saturated heterocycles. The molecule has 1 unspecified atom stereocenters. The molecule has 4 nitrogen and oxygen atoms in total. The van der Waals surface area contributed by atoms with Crippen LogP contribution in [0.4, 0.5) is 11.4 Å². The molecular weight excluding hydrogens is 366 g/mol. The fraction of sp³-hybridized carbons (Fsp3) is 0.478. The monoisotopic (exact) mass is 401 g/mol. The zero-order valence-electron chi connectivity index (χ0n) is 17.5. The third kappa shape index (κ3) is 7.28. The lowest BCUT2D eigenvalue weighted by Gasteiger charge is -2.29. The van der Waals surface area contributed by atoms with E-state index in [4.69, 9.17) is 16.2 Å². The quantitative estimate of drug-likeness (QED) is 0.449. The Bertz CT molecular complexity index is 715. The number of hydrogen-bond acceptors (Lipinski definition) is 5. The SMILES string of the molecule is CCCCN(CCCC)C(C)COc1cccc(Sc2ccc(N)c(N)c2)c1. The Kier molecular flexibility index (Phi) is 9.51. The normalized spacial score (nSPS) is 12.3. The van der Waals surface area contributed by atoms with E-state index < -0.39 is 0 Å². The molecule has 0 aliphatic rings. The van der Waals surface area contributed by atoms with Crippen LogP contribution in [-0.4, -0.2) is 30.6 Å². The number of nitrogens with two attached hydrogens (primary N) is 2. The minimum Gasteiger partial charge on any atom is -0.492 e. The standard InChI is InChI=1S/C23H35N3OS/c1-4-6-13-26(14-7-5-2)18(3)17-27-19-9-8-10-20(15-19)28-21-11-12-22(24)23(25)16-21/h8-12,15-16,18H,4-7,13-14,17,24-25H2,1-3H3. The molecule has 0 heterocycles. The molecule has 0 saturated carbocycles. The van der Waals surface area contributed by atoms with Gasteiger partial charge in [-0.25, -0.2) is 0 Å². The summed E-state index contributed by atoms with van der Waals surface area (Å²) in [5.74, 6) is 0.909. The average molecular weight is 402 g/mol. The fourth-order valence-corrected chi connectivity index (χ4v) is 3.89. The van der Waals surface area contributed by atoms with Gasteiger partial charge in [-0.3, -0.25) is 4.90 Å². The van der Waals surface area contributed by atoms with Gasteiger partial charge in [-0.2, -0.15) is 0 Å². The number of nitrogen functional groups attached to an aromatic ring is 2. The molecule has 1 atom stereocenters. The molecule has 28 heavy (non-hydrogen) atoms. The molecule has 2 aromatic carbocycles. The Morgan fingerprint density at radius 2 is 1.61 bits per heavy atom. The van der Waals surface area contributed by atoms with Crippen molar-refractivity contribution >= 4 is 23.1 Å². The molecule has 2 aromatic rings. The summed E-state index contributed by atoms with van der Waals surface area (Å²) in [6, 6.07) is 14.4. The van der Waals surface area contributed by atoms with Gasteiger partial charge in [0.05, 0.1) is 11.4 Å². The highest BCUT2D eigenvalue weighted by Crippen LogP contribution is 2.32. The lowest BCUT2D eigenvalue weighted by molar-refractivity contribution is 0.142. The summed E-state index contributed by atoms with van der Waals surface area (Å²) >= 11 is 1.66. The van der Waals surface area contributed by atoms with Crippen molar-refractivity contribution in [2.24, 2.45) is 0 Å². The summed E-state index contributed by atoms with van der Waals surface area (Å²) in [6.45, 7) is 9.76. The van der Waals surface area contributed by atoms with Crippen molar-refractivity contribution in [3.63, 3.8) is 0 Å². The van der Waals surface area contributed by atoms with Gasteiger partial charge in [-0.15, -0.1) is 0 Å². The van der Waals surface area contributed by atoms with Crippen molar-refractivity contribution in [3.8, 4) is 5.75 Å². The number of unbranched alkanes of at least 4 members (excludes halogenated alkanes) is 2. The number of rotatable bonds is 12. The number of nitrogens with zero attached hydrogens (tertiary/aromatic N) is 1. The van der Waals surface area contributed by atoms with E-state index in [1.165, 1.54) is 25.7 Å². The van der Waals surface area contributed by atoms with Gasteiger partial charge in [0.1, 0.15) is 12.4 Å². The molecular formula is C23H35N3OS. The minimum atomic E-state index is 0.409. The molecule has 4 N–H and O–H groups in total. The third-order valence-corrected chi connectivity index (χ3v) is 5.79. The van der Waals surface area contributed by atoms with Crippen molar-refractivity contribution in [3.05, 3.63) is 42.5 Å². The zero-order valence-corrected chi connectivity index (χ0v) is 18.3. The van der Waals surface area contributed by atoms with E-state index >= 15 is 0 Å². The van der Waals surface area contributed by atoms with E-state index in [0.717, 1.165) is 28.6 Å². The molecule has 0 aliphatic carbocycles. The second-order valence-corrected chi connectivity index (χ2v) is 8.42. The Morgan fingerprint density at radius 3 is 2.25 bits per heavy atom. The summed E-state index contributed by atoms with van der Waals surface area (Å²) in [5, 5.41) is 0. The van der Waals surface area contributed by atoms with E-state index in [1.54, 1.807) is 11.8 Å². The number of ether oxygens (including phenoxy) is 1. The van der Waals surface area contributed by atoms with Gasteiger partial charge in [0.15, 0.2) is 0 Å². The first-order valence-electron chi connectivity index (χ1n) is 10.3. The van der Waals surface area contributed by atoms with Crippen LogP contribution >= 0.6 is 11.8 Å². The highest BCUT2D eigenvalue weighted by Gasteiger charge is 2.14. The predicted octanol–water partition coefficient (Wildman–Crippen LogP) is 5.67. The van der Waals surface area contributed by atoms with Crippen LogP contribution in [0.25, 0.3) is 0 Å². The molecule has 0 spiro atoms. The zero-order chi connectivity index (χ0) is 20.4. The minimum absolute atomic E-state index is 0.409. The molecule has 0 fully saturated rings. The second kappa shape index (κ2) is 11.9. The van der Waals surface area contributed by atoms with Crippen LogP contribution in [0.5, 0.6) is 5.75 Å². The molecule has 154 valence electrons. The third-order valence-electron chi connectivity index (χ3n) is 4.81. The molecule has 5 heteroatoms. The van der Waals surface area contributed by atoms with Gasteiger partial charge in [-0.1, -0.05) is 44.5 Å². The topological polar surface area (TPSA) is 64.5 Å². The molecule has 0 bridgehead atoms. The van der Waals surface area contributed by atoms with Gasteiger partial charge in [0.2, 0.25) is 0 Å². The first kappa shape index (κ1) is 22.4. The highest BCUT2D eigenvalue weighted by atomic mass is 32.2. The summed E-state index contributed by atoms with van der Waals surface area (Å²) in [4.78, 5) is 4.76. The van der Waals surface area contributed by atoms with Crippen LogP contribution in [0, 0.1) is 0 Å². The van der Waals surface area contributed by atoms with Gasteiger partial charge in [0, 0.05) is 15.8 Å². The summed E-state index contributed by atoms with van der Waals surface area (Å²) in [6.07, 6.45) is 4.94. The van der Waals surface area contributed by atoms with Crippen molar-refractivity contribution in [2.45, 2.75) is 62.3 Å². The number of hydrogen-bond donors (Lipinski definition) is 2. The lowest BCUT2D eigenvalue weighted by atomic mass is 10.2. The van der Waals surface area contributed by atoms with E-state index in [9.17, 15) is 0 Å². The van der Waals surface area contributed by atoms with Crippen LogP contribution in [0.3, 0.4) is 0 Å². The summed E-state index contributed by atoms with van der Waals surface area (Å²) < 4.78 is 6.13. The Labute approximate surface area is 174 Å². The Morgan fingerprint density at radius 1 is 0.929 bits per heavy atom. The van der Waals surface area contributed by atoms with Crippen LogP contribution in [0.2, 0.25) is 0 Å².